The Morgan fingerprint density at radius 1 is 1.14 bits per heavy atom. The van der Waals surface area contributed by atoms with Gasteiger partial charge in [0.1, 0.15) is 10.8 Å². The van der Waals surface area contributed by atoms with E-state index in [0.717, 1.165) is 9.86 Å². The van der Waals surface area contributed by atoms with Gasteiger partial charge in [-0.2, -0.15) is 5.10 Å². The topological polar surface area (TPSA) is 69.0 Å². The van der Waals surface area contributed by atoms with Crippen LogP contribution in [0.2, 0.25) is 10.0 Å². The molecule has 4 aromatic rings. The Labute approximate surface area is 184 Å². The molecule has 0 bridgehead atoms. The number of benzene rings is 2. The molecule has 6 nitrogen and oxygen atoms in total. The Morgan fingerprint density at radius 2 is 2.00 bits per heavy atom. The van der Waals surface area contributed by atoms with Gasteiger partial charge in [-0.25, -0.2) is 4.68 Å². The van der Waals surface area contributed by atoms with Crippen LogP contribution in [0.25, 0.3) is 10.9 Å². The minimum Gasteiger partial charge on any atom is -0.470 e. The molecule has 146 valence electrons. The van der Waals surface area contributed by atoms with Crippen LogP contribution in [-0.4, -0.2) is 20.7 Å². The molecule has 0 atom stereocenters. The van der Waals surface area contributed by atoms with Gasteiger partial charge in [0.25, 0.3) is 5.91 Å². The fraction of sp³-hybridized carbons (Fsp3) is 0.0500. The molecule has 1 amide bonds. The maximum Gasteiger partial charge on any atom is 0.276 e. The van der Waals surface area contributed by atoms with E-state index in [4.69, 9.17) is 27.9 Å². The first kappa shape index (κ1) is 19.7. The normalized spacial score (nSPS) is 10.9. The van der Waals surface area contributed by atoms with E-state index >= 15 is 0 Å². The van der Waals surface area contributed by atoms with Crippen LogP contribution >= 0.6 is 39.1 Å². The van der Waals surface area contributed by atoms with E-state index in [1.165, 1.54) is 4.68 Å². The lowest BCUT2D eigenvalue weighted by Crippen LogP contribution is -2.14. The number of halogens is 3. The first-order valence-electron chi connectivity index (χ1n) is 8.48. The minimum atomic E-state index is -0.348. The number of aromatic nitrogens is 3. The Morgan fingerprint density at radius 3 is 2.86 bits per heavy atom. The molecule has 29 heavy (non-hydrogen) atoms. The van der Waals surface area contributed by atoms with Crippen molar-refractivity contribution in [1.29, 1.82) is 0 Å². The molecule has 0 saturated carbocycles. The highest BCUT2D eigenvalue weighted by Gasteiger charge is 2.13. The van der Waals surface area contributed by atoms with Crippen LogP contribution in [-0.2, 0) is 6.73 Å². The third-order valence-electron chi connectivity index (χ3n) is 4.11. The molecule has 2 aromatic carbocycles. The number of rotatable bonds is 5. The lowest BCUT2D eigenvalue weighted by molar-refractivity contribution is 0.102. The summed E-state index contributed by atoms with van der Waals surface area (Å²) >= 11 is 15.6. The van der Waals surface area contributed by atoms with Crippen molar-refractivity contribution in [3.8, 4) is 5.75 Å². The van der Waals surface area contributed by atoms with Gasteiger partial charge in [0.15, 0.2) is 12.4 Å². The van der Waals surface area contributed by atoms with Gasteiger partial charge in [0, 0.05) is 22.3 Å². The van der Waals surface area contributed by atoms with Crippen molar-refractivity contribution >= 4 is 61.6 Å². The van der Waals surface area contributed by atoms with Gasteiger partial charge >= 0.3 is 0 Å². The highest BCUT2D eigenvalue weighted by molar-refractivity contribution is 9.10. The molecule has 9 heteroatoms. The Kier molecular flexibility index (Phi) is 5.71. The lowest BCUT2D eigenvalue weighted by atomic mass is 10.2. The Balaban J connectivity index is 1.48. The third-order valence-corrected chi connectivity index (χ3v) is 5.60. The smallest absolute Gasteiger partial charge is 0.276 e. The zero-order valence-electron chi connectivity index (χ0n) is 14.8. The average molecular weight is 492 g/mol. The number of ether oxygens (including phenoxy) is 1. The maximum atomic E-state index is 12.6. The summed E-state index contributed by atoms with van der Waals surface area (Å²) < 4.78 is 8.02. The molecule has 0 aliphatic rings. The summed E-state index contributed by atoms with van der Waals surface area (Å²) in [6, 6.07) is 14.1. The van der Waals surface area contributed by atoms with Gasteiger partial charge in [0.05, 0.1) is 16.2 Å². The summed E-state index contributed by atoms with van der Waals surface area (Å²) in [7, 11) is 0. The van der Waals surface area contributed by atoms with Crippen LogP contribution in [0.4, 0.5) is 5.69 Å². The van der Waals surface area contributed by atoms with Crippen molar-refractivity contribution < 1.29 is 9.53 Å². The first-order chi connectivity index (χ1) is 14.0. The number of pyridine rings is 1. The second-order valence-corrected chi connectivity index (χ2v) is 7.65. The number of anilines is 1. The number of fused-ring (bicyclic) bond motifs is 1. The molecule has 0 aliphatic carbocycles. The Bertz CT molecular complexity index is 1210. The second kappa shape index (κ2) is 8.41. The van der Waals surface area contributed by atoms with E-state index in [9.17, 15) is 4.79 Å². The zero-order chi connectivity index (χ0) is 20.4. The summed E-state index contributed by atoms with van der Waals surface area (Å²) in [4.78, 5) is 17.0. The molecule has 0 aliphatic heterocycles. The van der Waals surface area contributed by atoms with E-state index in [-0.39, 0.29) is 18.3 Å². The number of hydrogen-bond donors (Lipinski definition) is 1. The molecule has 0 unspecified atom stereocenters. The molecule has 0 radical (unpaired) electrons. The highest BCUT2D eigenvalue weighted by atomic mass is 79.9. The summed E-state index contributed by atoms with van der Waals surface area (Å²) in [5.41, 5.74) is 1.54. The molecule has 2 heterocycles. The van der Waals surface area contributed by atoms with E-state index in [1.807, 2.05) is 18.2 Å². The quantitative estimate of drug-likeness (QED) is 0.383. The van der Waals surface area contributed by atoms with Crippen LogP contribution in [0.15, 0.2) is 65.4 Å². The molecule has 1 N–H and O–H groups in total. The van der Waals surface area contributed by atoms with E-state index < -0.39 is 0 Å². The van der Waals surface area contributed by atoms with Crippen molar-refractivity contribution in [2.75, 3.05) is 5.32 Å². The van der Waals surface area contributed by atoms with Gasteiger partial charge in [0.2, 0.25) is 0 Å². The van der Waals surface area contributed by atoms with Crippen LogP contribution in [0.3, 0.4) is 0 Å². The monoisotopic (exact) mass is 490 g/mol. The van der Waals surface area contributed by atoms with Crippen molar-refractivity contribution in [1.82, 2.24) is 14.8 Å². The standard InChI is InChI=1S/C20H13BrCl2N4O2/c21-13-6-7-15(19-12(13)3-2-9-24-19)25-20(28)16-8-10-27(26-16)11-29-17-5-1-4-14(22)18(17)23/h1-10H,11H2,(H,25,28). The van der Waals surface area contributed by atoms with Crippen LogP contribution in [0, 0.1) is 0 Å². The maximum absolute atomic E-state index is 12.6. The van der Waals surface area contributed by atoms with Crippen molar-refractivity contribution in [2.45, 2.75) is 6.73 Å². The van der Waals surface area contributed by atoms with Crippen LogP contribution < -0.4 is 10.1 Å². The third kappa shape index (κ3) is 4.22. The summed E-state index contributed by atoms with van der Waals surface area (Å²) in [5.74, 6) is 0.0897. The van der Waals surface area contributed by atoms with Crippen molar-refractivity contribution in [3.63, 3.8) is 0 Å². The second-order valence-electron chi connectivity index (χ2n) is 6.01. The van der Waals surface area contributed by atoms with Crippen molar-refractivity contribution in [3.05, 3.63) is 81.1 Å². The highest BCUT2D eigenvalue weighted by Crippen LogP contribution is 2.31. The predicted molar refractivity (Wildman–Crippen MR) is 117 cm³/mol. The molecular weight excluding hydrogens is 479 g/mol. The Hall–Kier alpha value is -2.61. The number of hydrogen-bond acceptors (Lipinski definition) is 4. The lowest BCUT2D eigenvalue weighted by Gasteiger charge is -2.09. The zero-order valence-corrected chi connectivity index (χ0v) is 17.9. The molecule has 0 fully saturated rings. The van der Waals surface area contributed by atoms with Gasteiger partial charge < -0.3 is 10.1 Å². The average Bonchev–Trinajstić information content (AvgIpc) is 3.21. The molecule has 2 aromatic heterocycles. The molecule has 0 saturated heterocycles. The van der Waals surface area contributed by atoms with Gasteiger partial charge in [-0.1, -0.05) is 51.3 Å². The van der Waals surface area contributed by atoms with Gasteiger partial charge in [-0.3, -0.25) is 9.78 Å². The minimum absolute atomic E-state index is 0.0795. The van der Waals surface area contributed by atoms with E-state index in [1.54, 1.807) is 42.7 Å². The fourth-order valence-electron chi connectivity index (χ4n) is 2.71. The van der Waals surface area contributed by atoms with Gasteiger partial charge in [-0.05, 0) is 36.4 Å². The van der Waals surface area contributed by atoms with E-state index in [2.05, 4.69) is 31.3 Å². The summed E-state index contributed by atoms with van der Waals surface area (Å²) in [6.45, 7) is 0.0795. The number of carbonyl (C=O) groups excluding carboxylic acids is 1. The SMILES string of the molecule is O=C(Nc1ccc(Br)c2cccnc12)c1ccn(COc2cccc(Cl)c2Cl)n1. The van der Waals surface area contributed by atoms with Gasteiger partial charge in [-0.15, -0.1) is 0 Å². The fourth-order valence-corrected chi connectivity index (χ4v) is 3.51. The van der Waals surface area contributed by atoms with Crippen LogP contribution in [0.5, 0.6) is 5.75 Å². The molecule has 0 spiro atoms. The number of amides is 1. The first-order valence-corrected chi connectivity index (χ1v) is 10.0. The number of nitrogens with zero attached hydrogens (tertiary/aromatic N) is 3. The predicted octanol–water partition coefficient (Wildman–Crippen LogP) is 5.79. The van der Waals surface area contributed by atoms with Crippen molar-refractivity contribution in [2.24, 2.45) is 0 Å². The molecular formula is C20H13BrCl2N4O2. The van der Waals surface area contributed by atoms with Crippen LogP contribution in [0.1, 0.15) is 10.5 Å². The van der Waals surface area contributed by atoms with E-state index in [0.29, 0.717) is 27.0 Å². The largest absolute Gasteiger partial charge is 0.470 e. The molecule has 4 rings (SSSR count). The summed E-state index contributed by atoms with van der Waals surface area (Å²) in [5, 5.41) is 8.74. The number of carbonyl (C=O) groups is 1. The number of nitrogens with one attached hydrogen (secondary N) is 1. The summed E-state index contributed by atoms with van der Waals surface area (Å²) in [6.07, 6.45) is 3.32.